The first-order chi connectivity index (χ1) is 12.2. The normalized spacial score (nSPS) is 13.6. The van der Waals surface area contributed by atoms with E-state index in [0.717, 1.165) is 29.0 Å². The molecule has 0 aliphatic heterocycles. The zero-order valence-electron chi connectivity index (χ0n) is 14.2. The molecular weight excluding hydrogens is 312 g/mol. The van der Waals surface area contributed by atoms with Gasteiger partial charge < -0.3 is 15.5 Å². The molecule has 3 aromatic rings. The first kappa shape index (κ1) is 15.8. The first-order valence-corrected chi connectivity index (χ1v) is 8.84. The average molecular weight is 334 g/mol. The Morgan fingerprint density at radius 3 is 2.80 bits per heavy atom. The van der Waals surface area contributed by atoms with Crippen LogP contribution in [0.25, 0.3) is 16.9 Å². The van der Waals surface area contributed by atoms with Gasteiger partial charge in [-0.25, -0.2) is 4.98 Å². The molecule has 4 rings (SSSR count). The van der Waals surface area contributed by atoms with E-state index in [4.69, 9.17) is 10.7 Å². The van der Waals surface area contributed by atoms with Crippen LogP contribution in [0.3, 0.4) is 0 Å². The van der Waals surface area contributed by atoms with Crippen molar-refractivity contribution in [3.8, 4) is 11.3 Å². The van der Waals surface area contributed by atoms with Crippen LogP contribution in [0, 0.1) is 0 Å². The topological polar surface area (TPSA) is 72.4 Å². The number of aromatic nitrogens is 2. The third-order valence-corrected chi connectivity index (χ3v) is 4.75. The summed E-state index contributed by atoms with van der Waals surface area (Å²) in [6.07, 6.45) is 9.13. The second-order valence-electron chi connectivity index (χ2n) is 6.59. The van der Waals surface area contributed by atoms with Gasteiger partial charge in [0.1, 0.15) is 5.65 Å². The first-order valence-electron chi connectivity index (χ1n) is 8.84. The van der Waals surface area contributed by atoms with Crippen molar-refractivity contribution in [3.63, 3.8) is 0 Å². The molecule has 1 aromatic carbocycles. The van der Waals surface area contributed by atoms with Gasteiger partial charge in [-0.15, -0.1) is 0 Å². The molecule has 25 heavy (non-hydrogen) atoms. The Labute approximate surface area is 146 Å². The van der Waals surface area contributed by atoms with E-state index in [0.29, 0.717) is 13.0 Å². The zero-order valence-corrected chi connectivity index (χ0v) is 14.2. The van der Waals surface area contributed by atoms with Gasteiger partial charge in [0.2, 0.25) is 5.91 Å². The number of rotatable bonds is 4. The van der Waals surface area contributed by atoms with E-state index in [1.54, 1.807) is 0 Å². The van der Waals surface area contributed by atoms with Gasteiger partial charge in [-0.2, -0.15) is 0 Å². The number of imidazole rings is 1. The molecule has 0 fully saturated rings. The summed E-state index contributed by atoms with van der Waals surface area (Å²) >= 11 is 0. The molecule has 0 radical (unpaired) electrons. The Hall–Kier alpha value is -2.66. The number of nitrogens with two attached hydrogens (primary N) is 1. The number of nitrogens with zero attached hydrogens (tertiary/aromatic N) is 2. The Bertz CT molecular complexity index is 929. The van der Waals surface area contributed by atoms with Crippen molar-refractivity contribution < 1.29 is 4.79 Å². The summed E-state index contributed by atoms with van der Waals surface area (Å²) in [5.74, 6) is -0.0723. The van der Waals surface area contributed by atoms with Crippen molar-refractivity contribution in [2.75, 3.05) is 11.9 Å². The fourth-order valence-corrected chi connectivity index (χ4v) is 3.45. The van der Waals surface area contributed by atoms with Gasteiger partial charge in [0.05, 0.1) is 11.4 Å². The summed E-state index contributed by atoms with van der Waals surface area (Å²) in [4.78, 5) is 16.4. The van der Waals surface area contributed by atoms with Crippen LogP contribution in [0.1, 0.15) is 30.4 Å². The van der Waals surface area contributed by atoms with Gasteiger partial charge in [-0.3, -0.25) is 4.79 Å². The van der Waals surface area contributed by atoms with E-state index in [2.05, 4.69) is 23.5 Å². The molecule has 5 heteroatoms. The van der Waals surface area contributed by atoms with E-state index >= 15 is 0 Å². The van der Waals surface area contributed by atoms with Crippen molar-refractivity contribution >= 4 is 17.2 Å². The fourth-order valence-electron chi connectivity index (χ4n) is 3.45. The smallest absolute Gasteiger partial charge is 0.225 e. The molecule has 0 atom stereocenters. The largest absolute Gasteiger partial charge is 0.330 e. The molecule has 0 bridgehead atoms. The molecular formula is C20H22N4O. The van der Waals surface area contributed by atoms with E-state index < -0.39 is 0 Å². The minimum atomic E-state index is -0.0723. The minimum Gasteiger partial charge on any atom is -0.330 e. The molecule has 1 aliphatic rings. The number of hydrogen-bond donors (Lipinski definition) is 2. The van der Waals surface area contributed by atoms with Crippen molar-refractivity contribution in [2.24, 2.45) is 5.73 Å². The lowest BCUT2D eigenvalue weighted by Gasteiger charge is -2.15. The highest BCUT2D eigenvalue weighted by molar-refractivity contribution is 5.90. The Morgan fingerprint density at radius 1 is 1.12 bits per heavy atom. The number of anilines is 1. The average Bonchev–Trinajstić information content (AvgIpc) is 3.05. The predicted octanol–water partition coefficient (Wildman–Crippen LogP) is 3.17. The monoisotopic (exact) mass is 334 g/mol. The van der Waals surface area contributed by atoms with Gasteiger partial charge >= 0.3 is 0 Å². The molecule has 2 aromatic heterocycles. The highest BCUT2D eigenvalue weighted by atomic mass is 16.1. The highest BCUT2D eigenvalue weighted by Crippen LogP contribution is 2.27. The quantitative estimate of drug-likeness (QED) is 0.770. The third-order valence-electron chi connectivity index (χ3n) is 4.75. The molecule has 1 amide bonds. The van der Waals surface area contributed by atoms with Crippen LogP contribution in [0.4, 0.5) is 5.69 Å². The maximum atomic E-state index is 11.7. The molecule has 1 aliphatic carbocycles. The standard InChI is InChI=1S/C20H22N4O/c21-10-9-20(25)22-17-7-8-19-23-18(13-24(19)12-17)16-6-5-14-3-1-2-4-15(14)11-16/h5-8,11-13H,1-4,9-10,21H2,(H,22,25). The van der Waals surface area contributed by atoms with Crippen LogP contribution in [0.15, 0.2) is 42.7 Å². The van der Waals surface area contributed by atoms with Crippen molar-refractivity contribution in [2.45, 2.75) is 32.1 Å². The molecule has 0 saturated carbocycles. The lowest BCUT2D eigenvalue weighted by Crippen LogP contribution is -2.16. The van der Waals surface area contributed by atoms with Gasteiger partial charge in [0.15, 0.2) is 0 Å². The lowest BCUT2D eigenvalue weighted by atomic mass is 9.90. The molecule has 3 N–H and O–H groups in total. The number of pyridine rings is 1. The van der Waals surface area contributed by atoms with Crippen molar-refractivity contribution in [3.05, 3.63) is 53.9 Å². The number of nitrogens with one attached hydrogen (secondary N) is 1. The number of fused-ring (bicyclic) bond motifs is 2. The summed E-state index contributed by atoms with van der Waals surface area (Å²) in [5, 5.41) is 2.86. The Balaban J connectivity index is 1.64. The van der Waals surface area contributed by atoms with Gasteiger partial charge in [-0.05, 0) is 55.0 Å². The second-order valence-corrected chi connectivity index (χ2v) is 6.59. The molecule has 2 heterocycles. The van der Waals surface area contributed by atoms with Crippen LogP contribution >= 0.6 is 0 Å². The molecule has 0 spiro atoms. The second kappa shape index (κ2) is 6.69. The summed E-state index contributed by atoms with van der Waals surface area (Å²) < 4.78 is 1.95. The van der Waals surface area contributed by atoms with Crippen LogP contribution < -0.4 is 11.1 Å². The summed E-state index contributed by atoms with van der Waals surface area (Å²) in [7, 11) is 0. The molecule has 0 unspecified atom stereocenters. The SMILES string of the molecule is NCCC(=O)Nc1ccc2nc(-c3ccc4c(c3)CCCC4)cn2c1. The summed E-state index contributed by atoms with van der Waals surface area (Å²) in [6.45, 7) is 0.349. The molecule has 0 saturated heterocycles. The maximum Gasteiger partial charge on any atom is 0.225 e. The maximum absolute atomic E-state index is 11.7. The number of carbonyl (C=O) groups excluding carboxylic acids is 1. The highest BCUT2D eigenvalue weighted by Gasteiger charge is 2.12. The van der Waals surface area contributed by atoms with Crippen LogP contribution in [-0.2, 0) is 17.6 Å². The zero-order chi connectivity index (χ0) is 17.2. The van der Waals surface area contributed by atoms with E-state index in [9.17, 15) is 4.79 Å². The number of amides is 1. The number of benzene rings is 1. The number of hydrogen-bond acceptors (Lipinski definition) is 3. The van der Waals surface area contributed by atoms with Gasteiger partial charge in [-0.1, -0.05) is 12.1 Å². The molecule has 5 nitrogen and oxygen atoms in total. The summed E-state index contributed by atoms with van der Waals surface area (Å²) in [5.41, 5.74) is 12.1. The van der Waals surface area contributed by atoms with Crippen LogP contribution in [0.5, 0.6) is 0 Å². The van der Waals surface area contributed by atoms with E-state index in [-0.39, 0.29) is 5.91 Å². The number of carbonyl (C=O) groups is 1. The van der Waals surface area contributed by atoms with Crippen LogP contribution in [0.2, 0.25) is 0 Å². The lowest BCUT2D eigenvalue weighted by molar-refractivity contribution is -0.116. The van der Waals surface area contributed by atoms with Gasteiger partial charge in [0, 0.05) is 30.9 Å². The number of aryl methyl sites for hydroxylation is 2. The van der Waals surface area contributed by atoms with Crippen LogP contribution in [-0.4, -0.2) is 21.8 Å². The molecule has 128 valence electrons. The Kier molecular flexibility index (Phi) is 4.24. The van der Waals surface area contributed by atoms with E-state index in [1.807, 2.05) is 28.9 Å². The third kappa shape index (κ3) is 3.28. The van der Waals surface area contributed by atoms with Crippen molar-refractivity contribution in [1.82, 2.24) is 9.38 Å². The Morgan fingerprint density at radius 2 is 1.96 bits per heavy atom. The van der Waals surface area contributed by atoms with Crippen molar-refractivity contribution in [1.29, 1.82) is 0 Å². The fraction of sp³-hybridized carbons (Fsp3) is 0.300. The van der Waals surface area contributed by atoms with E-state index in [1.165, 1.54) is 30.4 Å². The minimum absolute atomic E-state index is 0.0723. The summed E-state index contributed by atoms with van der Waals surface area (Å²) in [6, 6.07) is 10.5. The van der Waals surface area contributed by atoms with Gasteiger partial charge in [0.25, 0.3) is 0 Å². The predicted molar refractivity (Wildman–Crippen MR) is 99.6 cm³/mol.